The van der Waals surface area contributed by atoms with Crippen LogP contribution in [0.2, 0.25) is 0 Å². The van der Waals surface area contributed by atoms with Gasteiger partial charge in [-0.3, -0.25) is 14.5 Å². The van der Waals surface area contributed by atoms with Crippen LogP contribution in [0.3, 0.4) is 0 Å². The van der Waals surface area contributed by atoms with Crippen LogP contribution in [0.25, 0.3) is 0 Å². The highest BCUT2D eigenvalue weighted by Crippen LogP contribution is 2.20. The van der Waals surface area contributed by atoms with Crippen LogP contribution in [-0.4, -0.2) is 43.0 Å². The number of carbonyl (C=O) groups is 2. The van der Waals surface area contributed by atoms with Crippen LogP contribution in [0.1, 0.15) is 26.3 Å². The van der Waals surface area contributed by atoms with Crippen LogP contribution in [0.5, 0.6) is 0 Å². The van der Waals surface area contributed by atoms with Crippen LogP contribution >= 0.6 is 0 Å². The third-order valence-electron chi connectivity index (χ3n) is 5.20. The molecule has 158 valence electrons. The van der Waals surface area contributed by atoms with Gasteiger partial charge in [0.15, 0.2) is 0 Å². The number of morpholine rings is 1. The molecule has 3 aromatic rings. The van der Waals surface area contributed by atoms with Crippen molar-refractivity contribution in [3.8, 4) is 0 Å². The van der Waals surface area contributed by atoms with E-state index in [-0.39, 0.29) is 11.8 Å². The van der Waals surface area contributed by atoms with Gasteiger partial charge in [0.2, 0.25) is 0 Å². The van der Waals surface area contributed by atoms with E-state index in [1.165, 1.54) is 0 Å². The van der Waals surface area contributed by atoms with Gasteiger partial charge in [-0.1, -0.05) is 36.4 Å². The zero-order chi connectivity index (χ0) is 21.5. The molecule has 1 aliphatic rings. The first kappa shape index (κ1) is 20.8. The molecule has 0 spiro atoms. The van der Waals surface area contributed by atoms with Gasteiger partial charge < -0.3 is 15.4 Å². The van der Waals surface area contributed by atoms with E-state index in [0.717, 1.165) is 44.1 Å². The Kier molecular flexibility index (Phi) is 6.72. The molecular weight excluding hydrogens is 390 g/mol. The van der Waals surface area contributed by atoms with E-state index in [2.05, 4.69) is 15.5 Å². The minimum Gasteiger partial charge on any atom is -0.379 e. The molecule has 2 amide bonds. The molecule has 0 aliphatic carbocycles. The highest BCUT2D eigenvalue weighted by Gasteiger charge is 2.14. The Morgan fingerprint density at radius 3 is 2.10 bits per heavy atom. The van der Waals surface area contributed by atoms with E-state index >= 15 is 0 Å². The number of para-hydroxylation sites is 1. The van der Waals surface area contributed by atoms with Gasteiger partial charge in [0, 0.05) is 42.1 Å². The van der Waals surface area contributed by atoms with Crippen molar-refractivity contribution in [1.29, 1.82) is 0 Å². The normalized spacial score (nSPS) is 14.1. The number of nitrogens with zero attached hydrogens (tertiary/aromatic N) is 1. The Labute approximate surface area is 181 Å². The average molecular weight is 415 g/mol. The molecule has 0 radical (unpaired) electrons. The number of nitrogens with one attached hydrogen (secondary N) is 2. The fraction of sp³-hybridized carbons (Fsp3) is 0.200. The van der Waals surface area contributed by atoms with Crippen molar-refractivity contribution in [3.63, 3.8) is 0 Å². The second-order valence-electron chi connectivity index (χ2n) is 7.40. The zero-order valence-electron chi connectivity index (χ0n) is 17.2. The van der Waals surface area contributed by atoms with Crippen molar-refractivity contribution in [2.24, 2.45) is 0 Å². The summed E-state index contributed by atoms with van der Waals surface area (Å²) in [7, 11) is 0. The summed E-state index contributed by atoms with van der Waals surface area (Å²) in [5.74, 6) is -0.370. The maximum Gasteiger partial charge on any atom is 0.255 e. The number of rotatable bonds is 6. The van der Waals surface area contributed by atoms with Gasteiger partial charge in [0.25, 0.3) is 11.8 Å². The molecule has 0 unspecified atom stereocenters. The number of benzene rings is 3. The molecule has 1 aliphatic heterocycles. The molecule has 31 heavy (non-hydrogen) atoms. The lowest BCUT2D eigenvalue weighted by atomic mass is 10.1. The van der Waals surface area contributed by atoms with E-state index < -0.39 is 0 Å². The molecule has 6 nitrogen and oxygen atoms in total. The lowest BCUT2D eigenvalue weighted by molar-refractivity contribution is 0.0342. The molecule has 2 N–H and O–H groups in total. The van der Waals surface area contributed by atoms with Gasteiger partial charge in [0.05, 0.1) is 13.2 Å². The fourth-order valence-electron chi connectivity index (χ4n) is 3.47. The summed E-state index contributed by atoms with van der Waals surface area (Å²) in [6.07, 6.45) is 0. The van der Waals surface area contributed by atoms with Crippen molar-refractivity contribution in [1.82, 2.24) is 4.90 Å². The van der Waals surface area contributed by atoms with Crippen LogP contribution in [0.4, 0.5) is 11.4 Å². The third kappa shape index (κ3) is 5.57. The summed E-state index contributed by atoms with van der Waals surface area (Å²) in [6.45, 7) is 4.02. The SMILES string of the molecule is O=C(Nc1ccc(C(=O)Nc2ccccc2CN2CCOCC2)cc1)c1ccccc1. The van der Waals surface area contributed by atoms with Crippen molar-refractivity contribution < 1.29 is 14.3 Å². The van der Waals surface area contributed by atoms with Gasteiger partial charge >= 0.3 is 0 Å². The molecule has 3 aromatic carbocycles. The average Bonchev–Trinajstić information content (AvgIpc) is 2.82. The fourth-order valence-corrected chi connectivity index (χ4v) is 3.47. The number of amides is 2. The molecule has 6 heteroatoms. The summed E-state index contributed by atoms with van der Waals surface area (Å²) in [6, 6.07) is 23.7. The van der Waals surface area contributed by atoms with Crippen LogP contribution < -0.4 is 10.6 Å². The number of carbonyl (C=O) groups excluding carboxylic acids is 2. The quantitative estimate of drug-likeness (QED) is 0.638. The van der Waals surface area contributed by atoms with Gasteiger partial charge in [0.1, 0.15) is 0 Å². The van der Waals surface area contributed by atoms with Crippen molar-refractivity contribution >= 4 is 23.2 Å². The monoisotopic (exact) mass is 415 g/mol. The molecule has 1 fully saturated rings. The molecule has 0 saturated carbocycles. The first-order chi connectivity index (χ1) is 15.2. The van der Waals surface area contributed by atoms with Crippen molar-refractivity contribution in [2.75, 3.05) is 36.9 Å². The van der Waals surface area contributed by atoms with Crippen LogP contribution in [-0.2, 0) is 11.3 Å². The van der Waals surface area contributed by atoms with E-state index in [1.54, 1.807) is 36.4 Å². The summed E-state index contributed by atoms with van der Waals surface area (Å²) in [5.41, 5.74) is 3.63. The largest absolute Gasteiger partial charge is 0.379 e. The predicted molar refractivity (Wildman–Crippen MR) is 121 cm³/mol. The summed E-state index contributed by atoms with van der Waals surface area (Å²) in [5, 5.41) is 5.86. The van der Waals surface area contributed by atoms with E-state index in [4.69, 9.17) is 4.74 Å². The smallest absolute Gasteiger partial charge is 0.255 e. The van der Waals surface area contributed by atoms with E-state index in [9.17, 15) is 9.59 Å². The minimum absolute atomic E-state index is 0.185. The lowest BCUT2D eigenvalue weighted by Gasteiger charge is -2.27. The number of hydrogen-bond acceptors (Lipinski definition) is 4. The molecular formula is C25H25N3O3. The standard InChI is InChI=1S/C25H25N3O3/c29-24(19-6-2-1-3-7-19)26-22-12-10-20(11-13-22)25(30)27-23-9-5-4-8-21(23)18-28-14-16-31-17-15-28/h1-13H,14-18H2,(H,26,29)(H,27,30). The topological polar surface area (TPSA) is 70.7 Å². The van der Waals surface area contributed by atoms with Gasteiger partial charge in [-0.25, -0.2) is 0 Å². The lowest BCUT2D eigenvalue weighted by Crippen LogP contribution is -2.35. The maximum atomic E-state index is 12.8. The molecule has 1 saturated heterocycles. The maximum absolute atomic E-state index is 12.8. The first-order valence-electron chi connectivity index (χ1n) is 10.3. The number of hydrogen-bond donors (Lipinski definition) is 2. The number of anilines is 2. The summed E-state index contributed by atoms with van der Waals surface area (Å²) in [4.78, 5) is 27.4. The summed E-state index contributed by atoms with van der Waals surface area (Å²) < 4.78 is 5.41. The number of ether oxygens (including phenoxy) is 1. The third-order valence-corrected chi connectivity index (χ3v) is 5.20. The van der Waals surface area contributed by atoms with Gasteiger partial charge in [-0.15, -0.1) is 0 Å². The molecule has 0 atom stereocenters. The Hall–Kier alpha value is -3.48. The first-order valence-corrected chi connectivity index (χ1v) is 10.3. The highest BCUT2D eigenvalue weighted by molar-refractivity contribution is 6.06. The second-order valence-corrected chi connectivity index (χ2v) is 7.40. The Balaban J connectivity index is 1.39. The molecule has 1 heterocycles. The van der Waals surface area contributed by atoms with E-state index in [0.29, 0.717) is 16.8 Å². The molecule has 0 bridgehead atoms. The van der Waals surface area contributed by atoms with Crippen molar-refractivity contribution in [3.05, 3.63) is 95.6 Å². The van der Waals surface area contributed by atoms with Gasteiger partial charge in [-0.2, -0.15) is 0 Å². The molecule has 0 aromatic heterocycles. The Bertz CT molecular complexity index is 1030. The van der Waals surface area contributed by atoms with E-state index in [1.807, 2.05) is 42.5 Å². The predicted octanol–water partition coefficient (Wildman–Crippen LogP) is 4.02. The Morgan fingerprint density at radius 1 is 0.742 bits per heavy atom. The van der Waals surface area contributed by atoms with Crippen molar-refractivity contribution in [2.45, 2.75) is 6.54 Å². The summed E-state index contributed by atoms with van der Waals surface area (Å²) >= 11 is 0. The van der Waals surface area contributed by atoms with Crippen LogP contribution in [0.15, 0.2) is 78.9 Å². The molecule has 4 rings (SSSR count). The second kappa shape index (κ2) is 10.0. The highest BCUT2D eigenvalue weighted by atomic mass is 16.5. The zero-order valence-corrected chi connectivity index (χ0v) is 17.2. The minimum atomic E-state index is -0.185. The van der Waals surface area contributed by atoms with Gasteiger partial charge in [-0.05, 0) is 48.0 Å². The Morgan fingerprint density at radius 2 is 1.35 bits per heavy atom. The van der Waals surface area contributed by atoms with Crippen LogP contribution in [0, 0.1) is 0 Å².